The Morgan fingerprint density at radius 2 is 1.63 bits per heavy atom. The highest BCUT2D eigenvalue weighted by Gasteiger charge is 2.26. The van der Waals surface area contributed by atoms with Crippen LogP contribution in [0.3, 0.4) is 0 Å². The van der Waals surface area contributed by atoms with Crippen LogP contribution in [0, 0.1) is 11.3 Å². The van der Waals surface area contributed by atoms with E-state index in [9.17, 15) is 10.1 Å². The van der Waals surface area contributed by atoms with Gasteiger partial charge in [-0.2, -0.15) is 5.26 Å². The highest BCUT2D eigenvalue weighted by molar-refractivity contribution is 5.72. The number of anilines is 1. The standard InChI is InChI=1S/C31H30N10O2/c1-31(2,3)43-30(42)40-12-10-39(11-13-40)25-17-33-27(34-18-25)23-8-5-7-22(15-23)20-41-29-26(37-38-41)19-35-28(36-29)24-9-4-6-21(14-24)16-32/h4-9,14-15,17-19H,10-13,20H2,1-3H3. The lowest BCUT2D eigenvalue weighted by atomic mass is 10.1. The van der Waals surface area contributed by atoms with Gasteiger partial charge in [-0.05, 0) is 44.5 Å². The number of carbonyl (C=O) groups is 1. The predicted molar refractivity (Wildman–Crippen MR) is 160 cm³/mol. The molecule has 5 aromatic rings. The molecule has 0 spiro atoms. The second kappa shape index (κ2) is 11.4. The zero-order valence-corrected chi connectivity index (χ0v) is 24.2. The van der Waals surface area contributed by atoms with Crippen LogP contribution in [0.15, 0.2) is 67.1 Å². The number of benzene rings is 2. The minimum absolute atomic E-state index is 0.282. The van der Waals surface area contributed by atoms with Crippen LogP contribution >= 0.6 is 0 Å². The molecule has 2 aromatic carbocycles. The molecule has 0 saturated carbocycles. The molecule has 1 aliphatic rings. The summed E-state index contributed by atoms with van der Waals surface area (Å²) in [7, 11) is 0. The van der Waals surface area contributed by atoms with Crippen LogP contribution in [0.1, 0.15) is 31.9 Å². The number of fused-ring (bicyclic) bond motifs is 1. The van der Waals surface area contributed by atoms with Crippen molar-refractivity contribution in [3.8, 4) is 28.8 Å². The Hall–Kier alpha value is -5.44. The monoisotopic (exact) mass is 574 g/mol. The van der Waals surface area contributed by atoms with Gasteiger partial charge < -0.3 is 14.5 Å². The Morgan fingerprint density at radius 1 is 0.930 bits per heavy atom. The molecular formula is C31H30N10O2. The van der Waals surface area contributed by atoms with Crippen LogP contribution in [0.4, 0.5) is 10.5 Å². The molecule has 12 nitrogen and oxygen atoms in total. The van der Waals surface area contributed by atoms with Gasteiger partial charge >= 0.3 is 6.09 Å². The molecule has 1 amide bonds. The third-order valence-electron chi connectivity index (χ3n) is 6.96. The van der Waals surface area contributed by atoms with E-state index in [1.165, 1.54) is 0 Å². The van der Waals surface area contributed by atoms with E-state index < -0.39 is 5.60 Å². The smallest absolute Gasteiger partial charge is 0.410 e. The molecule has 0 radical (unpaired) electrons. The van der Waals surface area contributed by atoms with Crippen LogP contribution in [-0.2, 0) is 11.3 Å². The number of aromatic nitrogens is 7. The maximum Gasteiger partial charge on any atom is 0.410 e. The van der Waals surface area contributed by atoms with E-state index in [0.29, 0.717) is 61.1 Å². The third-order valence-corrected chi connectivity index (χ3v) is 6.96. The van der Waals surface area contributed by atoms with Crippen molar-refractivity contribution in [3.63, 3.8) is 0 Å². The molecule has 0 unspecified atom stereocenters. The van der Waals surface area contributed by atoms with Gasteiger partial charge in [0.25, 0.3) is 0 Å². The van der Waals surface area contributed by atoms with E-state index in [1.807, 2.05) is 69.6 Å². The van der Waals surface area contributed by atoms with Crippen LogP contribution in [0.25, 0.3) is 33.9 Å². The van der Waals surface area contributed by atoms with Crippen molar-refractivity contribution in [1.29, 1.82) is 5.26 Å². The van der Waals surface area contributed by atoms with E-state index in [4.69, 9.17) is 9.72 Å². The maximum atomic E-state index is 12.4. The molecule has 0 bridgehead atoms. The number of nitrogens with zero attached hydrogens (tertiary/aromatic N) is 10. The summed E-state index contributed by atoms with van der Waals surface area (Å²) in [4.78, 5) is 34.7. The number of nitriles is 1. The Labute approximate surface area is 248 Å². The summed E-state index contributed by atoms with van der Waals surface area (Å²) in [6.07, 6.45) is 5.01. The number of rotatable bonds is 5. The Morgan fingerprint density at radius 3 is 2.35 bits per heavy atom. The fourth-order valence-corrected chi connectivity index (χ4v) is 4.83. The Bertz CT molecular complexity index is 1810. The number of piperazine rings is 1. The van der Waals surface area contributed by atoms with Crippen molar-refractivity contribution in [2.24, 2.45) is 0 Å². The van der Waals surface area contributed by atoms with Crippen molar-refractivity contribution in [3.05, 3.63) is 78.2 Å². The second-order valence-corrected chi connectivity index (χ2v) is 11.3. The van der Waals surface area contributed by atoms with Crippen LogP contribution < -0.4 is 4.90 Å². The number of carbonyl (C=O) groups excluding carboxylic acids is 1. The van der Waals surface area contributed by atoms with Gasteiger partial charge in [0.2, 0.25) is 0 Å². The molecule has 0 N–H and O–H groups in total. The first-order valence-electron chi connectivity index (χ1n) is 14.0. The van der Waals surface area contributed by atoms with Crippen molar-refractivity contribution in [1.82, 2.24) is 39.8 Å². The maximum absolute atomic E-state index is 12.4. The molecule has 6 rings (SSSR count). The molecule has 216 valence electrons. The minimum atomic E-state index is -0.511. The van der Waals surface area contributed by atoms with E-state index >= 15 is 0 Å². The number of hydrogen-bond donors (Lipinski definition) is 0. The molecule has 0 atom stereocenters. The van der Waals surface area contributed by atoms with Gasteiger partial charge in [-0.15, -0.1) is 5.10 Å². The average molecular weight is 575 g/mol. The third kappa shape index (κ3) is 6.25. The summed E-state index contributed by atoms with van der Waals surface area (Å²) in [5.41, 5.74) is 4.75. The predicted octanol–water partition coefficient (Wildman–Crippen LogP) is 4.32. The lowest BCUT2D eigenvalue weighted by Gasteiger charge is -2.36. The van der Waals surface area contributed by atoms with Gasteiger partial charge in [0.1, 0.15) is 5.60 Å². The van der Waals surface area contributed by atoms with Gasteiger partial charge in [0.05, 0.1) is 42.5 Å². The zero-order chi connectivity index (χ0) is 30.0. The number of amides is 1. The molecule has 1 saturated heterocycles. The van der Waals surface area contributed by atoms with Gasteiger partial charge in [-0.3, -0.25) is 0 Å². The first-order valence-corrected chi connectivity index (χ1v) is 14.0. The number of ether oxygens (including phenoxy) is 1. The highest BCUT2D eigenvalue weighted by Crippen LogP contribution is 2.23. The number of hydrogen-bond acceptors (Lipinski definition) is 10. The molecule has 4 heterocycles. The van der Waals surface area contributed by atoms with Crippen LogP contribution in [0.2, 0.25) is 0 Å². The highest BCUT2D eigenvalue weighted by atomic mass is 16.6. The summed E-state index contributed by atoms with van der Waals surface area (Å²) < 4.78 is 7.23. The molecular weight excluding hydrogens is 544 g/mol. The molecule has 0 aliphatic carbocycles. The first-order chi connectivity index (χ1) is 20.8. The fourth-order valence-electron chi connectivity index (χ4n) is 4.83. The second-order valence-electron chi connectivity index (χ2n) is 11.3. The quantitative estimate of drug-likeness (QED) is 0.298. The molecule has 3 aromatic heterocycles. The fraction of sp³-hybridized carbons (Fsp3) is 0.290. The van der Waals surface area contributed by atoms with E-state index in [2.05, 4.69) is 36.2 Å². The SMILES string of the molecule is CC(C)(C)OC(=O)N1CCN(c2cnc(-c3cccc(Cn4nnc5cnc(-c6cccc(C#N)c6)nc54)c3)nc2)CC1. The summed E-state index contributed by atoms with van der Waals surface area (Å²) >= 11 is 0. The minimum Gasteiger partial charge on any atom is -0.444 e. The van der Waals surface area contributed by atoms with Crippen LogP contribution in [-0.4, -0.2) is 77.7 Å². The topological polar surface area (TPSA) is 139 Å². The molecule has 12 heteroatoms. The summed E-state index contributed by atoms with van der Waals surface area (Å²) in [5, 5.41) is 17.8. The van der Waals surface area contributed by atoms with E-state index in [-0.39, 0.29) is 6.09 Å². The van der Waals surface area contributed by atoms with Crippen molar-refractivity contribution in [2.45, 2.75) is 32.9 Å². The summed E-state index contributed by atoms with van der Waals surface area (Å²) in [6, 6.07) is 17.3. The summed E-state index contributed by atoms with van der Waals surface area (Å²) in [5.74, 6) is 1.12. The van der Waals surface area contributed by atoms with E-state index in [0.717, 1.165) is 22.4 Å². The largest absolute Gasteiger partial charge is 0.444 e. The first kappa shape index (κ1) is 27.7. The lowest BCUT2D eigenvalue weighted by Crippen LogP contribution is -2.50. The van der Waals surface area contributed by atoms with Crippen molar-refractivity contribution >= 4 is 22.9 Å². The van der Waals surface area contributed by atoms with Gasteiger partial charge in [-0.25, -0.2) is 29.4 Å². The van der Waals surface area contributed by atoms with Crippen molar-refractivity contribution in [2.75, 3.05) is 31.1 Å². The average Bonchev–Trinajstić information content (AvgIpc) is 3.42. The lowest BCUT2D eigenvalue weighted by molar-refractivity contribution is 0.0240. The van der Waals surface area contributed by atoms with Gasteiger partial charge in [0.15, 0.2) is 22.8 Å². The van der Waals surface area contributed by atoms with Gasteiger partial charge in [-0.1, -0.05) is 35.5 Å². The normalized spacial score (nSPS) is 13.6. The van der Waals surface area contributed by atoms with E-state index in [1.54, 1.807) is 27.9 Å². The Balaban J connectivity index is 1.14. The summed E-state index contributed by atoms with van der Waals surface area (Å²) in [6.45, 7) is 8.57. The van der Waals surface area contributed by atoms with Gasteiger partial charge in [0, 0.05) is 37.3 Å². The molecule has 1 aliphatic heterocycles. The molecule has 1 fully saturated rings. The molecule has 43 heavy (non-hydrogen) atoms. The zero-order valence-electron chi connectivity index (χ0n) is 24.2. The van der Waals surface area contributed by atoms with Crippen molar-refractivity contribution < 1.29 is 9.53 Å². The van der Waals surface area contributed by atoms with Crippen LogP contribution in [0.5, 0.6) is 0 Å². The Kier molecular flexibility index (Phi) is 7.38.